The molecule has 5 N–H and O–H groups in total. The van der Waals surface area contributed by atoms with Crippen LogP contribution in [0, 0.1) is 11.2 Å². The van der Waals surface area contributed by atoms with Gasteiger partial charge < -0.3 is 16.2 Å². The topological polar surface area (TPSA) is 103 Å². The Labute approximate surface area is 127 Å². The van der Waals surface area contributed by atoms with Crippen molar-refractivity contribution in [3.63, 3.8) is 0 Å². The lowest BCUT2D eigenvalue weighted by Crippen LogP contribution is -2.13. The first kappa shape index (κ1) is 15.3. The van der Waals surface area contributed by atoms with E-state index in [0.29, 0.717) is 11.3 Å². The number of nitrogens with one attached hydrogen (secondary N) is 1. The smallest absolute Gasteiger partial charge is 0.144 e. The molecule has 0 saturated heterocycles. The van der Waals surface area contributed by atoms with Crippen molar-refractivity contribution in [2.75, 3.05) is 0 Å². The van der Waals surface area contributed by atoms with Crippen LogP contribution < -0.4 is 11.5 Å². The highest BCUT2D eigenvalue weighted by molar-refractivity contribution is 5.93. The van der Waals surface area contributed by atoms with E-state index in [2.05, 4.69) is 11.7 Å². The third kappa shape index (κ3) is 3.32. The van der Waals surface area contributed by atoms with E-state index >= 15 is 0 Å². The Balaban J connectivity index is 2.38. The van der Waals surface area contributed by atoms with Crippen LogP contribution in [0.1, 0.15) is 17.0 Å². The number of nitrogens with zero attached hydrogens (tertiary/aromatic N) is 2. The third-order valence-corrected chi connectivity index (χ3v) is 2.91. The normalized spacial score (nSPS) is 10.8. The average molecular weight is 301 g/mol. The molecule has 0 unspecified atom stereocenters. The maximum atomic E-state index is 13.8. The maximum absolute atomic E-state index is 13.8. The van der Waals surface area contributed by atoms with E-state index in [0.717, 1.165) is 0 Å². The fourth-order valence-corrected chi connectivity index (χ4v) is 1.86. The van der Waals surface area contributed by atoms with Crippen LogP contribution in [-0.4, -0.2) is 15.6 Å². The summed E-state index contributed by atoms with van der Waals surface area (Å²) < 4.78 is 20.5. The van der Waals surface area contributed by atoms with Crippen molar-refractivity contribution in [2.45, 2.75) is 6.54 Å². The summed E-state index contributed by atoms with van der Waals surface area (Å²) in [6.45, 7) is 3.92. The molecule has 1 aromatic heterocycles. The molecule has 1 aromatic carbocycles. The van der Waals surface area contributed by atoms with Gasteiger partial charge in [-0.3, -0.25) is 10.1 Å². The first-order chi connectivity index (χ1) is 10.5. The predicted molar refractivity (Wildman–Crippen MR) is 82.2 cm³/mol. The molecular formula is C15H16FN5O. The van der Waals surface area contributed by atoms with Crippen molar-refractivity contribution in [3.8, 4) is 0 Å². The Bertz CT molecular complexity index is 735. The van der Waals surface area contributed by atoms with E-state index in [9.17, 15) is 4.39 Å². The number of nitrogens with two attached hydrogens (primary N) is 2. The van der Waals surface area contributed by atoms with Gasteiger partial charge in [-0.05, 0) is 12.1 Å². The molecule has 0 aliphatic carbocycles. The third-order valence-electron chi connectivity index (χ3n) is 2.91. The number of hydrogen-bond donors (Lipinski definition) is 3. The van der Waals surface area contributed by atoms with Gasteiger partial charge in [0.25, 0.3) is 0 Å². The van der Waals surface area contributed by atoms with Crippen molar-refractivity contribution >= 4 is 11.6 Å². The Kier molecular flexibility index (Phi) is 4.57. The van der Waals surface area contributed by atoms with Gasteiger partial charge >= 0.3 is 0 Å². The van der Waals surface area contributed by atoms with Gasteiger partial charge in [-0.25, -0.2) is 4.39 Å². The molecule has 114 valence electrons. The summed E-state index contributed by atoms with van der Waals surface area (Å²) in [6.07, 6.45) is 2.48. The number of amidine groups is 1. The minimum atomic E-state index is -0.346. The molecular weight excluding hydrogens is 285 g/mol. The molecule has 1 heterocycles. The maximum Gasteiger partial charge on any atom is 0.144 e. The summed E-state index contributed by atoms with van der Waals surface area (Å²) in [5.41, 5.74) is 11.8. The number of nitrogen functional groups attached to an aromatic ring is 1. The second-order valence-corrected chi connectivity index (χ2v) is 4.45. The predicted octanol–water partition coefficient (Wildman–Crippen LogP) is 1.77. The van der Waals surface area contributed by atoms with Gasteiger partial charge in [0.15, 0.2) is 0 Å². The Morgan fingerprint density at radius 2 is 2.18 bits per heavy atom. The molecule has 0 saturated carbocycles. The molecule has 0 bridgehead atoms. The molecule has 0 atom stereocenters. The molecule has 0 aliphatic rings. The largest absolute Gasteiger partial charge is 0.462 e. The zero-order valence-corrected chi connectivity index (χ0v) is 11.8. The molecule has 0 spiro atoms. The lowest BCUT2D eigenvalue weighted by molar-refractivity contribution is 0.428. The zero-order valence-electron chi connectivity index (χ0n) is 11.8. The Morgan fingerprint density at radius 1 is 1.45 bits per heavy atom. The Morgan fingerprint density at radius 3 is 2.82 bits per heavy atom. The van der Waals surface area contributed by atoms with E-state index in [-0.39, 0.29) is 29.7 Å². The highest BCUT2D eigenvalue weighted by Gasteiger charge is 2.15. The lowest BCUT2D eigenvalue weighted by atomic mass is 10.2. The van der Waals surface area contributed by atoms with Crippen molar-refractivity contribution in [1.29, 1.82) is 5.41 Å². The minimum Gasteiger partial charge on any atom is -0.462 e. The van der Waals surface area contributed by atoms with Crippen LogP contribution in [-0.2, 0) is 11.3 Å². The van der Waals surface area contributed by atoms with E-state index in [1.165, 1.54) is 23.2 Å². The van der Waals surface area contributed by atoms with Gasteiger partial charge in [-0.2, -0.15) is 5.10 Å². The van der Waals surface area contributed by atoms with Crippen LogP contribution in [0.4, 0.5) is 4.39 Å². The van der Waals surface area contributed by atoms with Gasteiger partial charge in [-0.1, -0.05) is 24.8 Å². The first-order valence-corrected chi connectivity index (χ1v) is 6.41. The molecule has 0 fully saturated rings. The fraction of sp³-hybridized carbons (Fsp3) is 0.0667. The van der Waals surface area contributed by atoms with E-state index in [1.54, 1.807) is 24.3 Å². The van der Waals surface area contributed by atoms with Gasteiger partial charge in [-0.15, -0.1) is 0 Å². The van der Waals surface area contributed by atoms with Crippen LogP contribution in [0.2, 0.25) is 0 Å². The molecule has 0 radical (unpaired) electrons. The molecule has 0 aliphatic heterocycles. The van der Waals surface area contributed by atoms with E-state index in [1.807, 2.05) is 0 Å². The van der Waals surface area contributed by atoms with Gasteiger partial charge in [0.1, 0.15) is 35.1 Å². The standard InChI is InChI=1S/C15H16FN5O/c1-10(22-7-6-17)14-8-13(15(18)19)20-21(14)9-11-4-2-3-5-12(11)16/h2-8H,1,9,17H2,(H3,18,19)/b7-6-. The summed E-state index contributed by atoms with van der Waals surface area (Å²) >= 11 is 0. The number of hydrogen-bond acceptors (Lipinski definition) is 4. The van der Waals surface area contributed by atoms with Crippen LogP contribution in [0.15, 0.2) is 49.4 Å². The average Bonchev–Trinajstić information content (AvgIpc) is 2.91. The van der Waals surface area contributed by atoms with Crippen molar-refractivity contribution in [3.05, 3.63) is 72.1 Å². The van der Waals surface area contributed by atoms with Gasteiger partial charge in [0, 0.05) is 11.8 Å². The first-order valence-electron chi connectivity index (χ1n) is 6.41. The van der Waals surface area contributed by atoms with Gasteiger partial charge in [0.05, 0.1) is 6.54 Å². The summed E-state index contributed by atoms with van der Waals surface area (Å²) in [5.74, 6) is -0.282. The van der Waals surface area contributed by atoms with Crippen LogP contribution in [0.3, 0.4) is 0 Å². The van der Waals surface area contributed by atoms with Gasteiger partial charge in [0.2, 0.25) is 0 Å². The number of halogens is 1. The number of ether oxygens (including phenoxy) is 1. The van der Waals surface area contributed by atoms with E-state index in [4.69, 9.17) is 21.6 Å². The quantitative estimate of drug-likeness (QED) is 0.430. The minimum absolute atomic E-state index is 0.157. The second-order valence-electron chi connectivity index (χ2n) is 4.45. The summed E-state index contributed by atoms with van der Waals surface area (Å²) in [7, 11) is 0. The van der Waals surface area contributed by atoms with Crippen molar-refractivity contribution in [2.24, 2.45) is 11.5 Å². The van der Waals surface area contributed by atoms with E-state index < -0.39 is 0 Å². The summed E-state index contributed by atoms with van der Waals surface area (Å²) in [4.78, 5) is 0. The second kappa shape index (κ2) is 6.57. The fourth-order valence-electron chi connectivity index (χ4n) is 1.86. The molecule has 7 heteroatoms. The van der Waals surface area contributed by atoms with Crippen LogP contribution in [0.5, 0.6) is 0 Å². The molecule has 2 rings (SSSR count). The molecule has 22 heavy (non-hydrogen) atoms. The van der Waals surface area contributed by atoms with Crippen LogP contribution >= 0.6 is 0 Å². The lowest BCUT2D eigenvalue weighted by Gasteiger charge is -2.09. The SMILES string of the molecule is C=C(O/C=C\N)c1cc(C(=N)N)nn1Cc1ccccc1F. The molecule has 6 nitrogen and oxygen atoms in total. The number of rotatable bonds is 6. The molecule has 2 aromatic rings. The monoisotopic (exact) mass is 301 g/mol. The zero-order chi connectivity index (χ0) is 16.1. The highest BCUT2D eigenvalue weighted by atomic mass is 19.1. The highest BCUT2D eigenvalue weighted by Crippen LogP contribution is 2.18. The summed E-state index contributed by atoms with van der Waals surface area (Å²) in [5, 5.41) is 11.6. The summed E-state index contributed by atoms with van der Waals surface area (Å²) in [6, 6.07) is 7.91. The Hall–Kier alpha value is -3.09. The number of aromatic nitrogens is 2. The van der Waals surface area contributed by atoms with Crippen LogP contribution in [0.25, 0.3) is 5.76 Å². The number of benzene rings is 1. The van der Waals surface area contributed by atoms with Crippen molar-refractivity contribution < 1.29 is 9.13 Å². The van der Waals surface area contributed by atoms with Crippen molar-refractivity contribution in [1.82, 2.24) is 9.78 Å². The molecule has 0 amide bonds.